The summed E-state index contributed by atoms with van der Waals surface area (Å²) < 4.78 is 60.7. The molecule has 0 radical (unpaired) electrons. The fraction of sp³-hybridized carbons (Fsp3) is 0.500. The lowest BCUT2D eigenvalue weighted by Gasteiger charge is -2.03. The van der Waals surface area contributed by atoms with E-state index in [1.54, 1.807) is 0 Å². The van der Waals surface area contributed by atoms with Gasteiger partial charge in [-0.2, -0.15) is 27.7 Å². The minimum Gasteiger partial charge on any atom is -0.301 e. The van der Waals surface area contributed by atoms with Crippen molar-refractivity contribution in [1.82, 2.24) is 0 Å². The lowest BCUT2D eigenvalue weighted by Crippen LogP contribution is -2.58. The second-order valence-electron chi connectivity index (χ2n) is 1.48. The predicted molar refractivity (Wildman–Crippen MR) is 31.9 cm³/mol. The van der Waals surface area contributed by atoms with Crippen LogP contribution in [0, 0.1) is 10.2 Å². The summed E-state index contributed by atoms with van der Waals surface area (Å²) in [5, 5.41) is 14.4. The Hall–Kier alpha value is -0.610. The Morgan fingerprint density at radius 3 is 1.38 bits per heavy atom. The van der Waals surface area contributed by atoms with E-state index in [1.165, 1.54) is 0 Å². The Balaban J connectivity index is -0.000000160. The van der Waals surface area contributed by atoms with Crippen LogP contribution in [0.25, 0.3) is 0 Å². The second kappa shape index (κ2) is 9.60. The molecule has 0 amide bonds. The van der Waals surface area contributed by atoms with Crippen LogP contribution in [-0.4, -0.2) is 34.1 Å². The van der Waals surface area contributed by atoms with E-state index in [0.29, 0.717) is 0 Å². The molecule has 4 N–H and O–H groups in total. The van der Waals surface area contributed by atoms with E-state index in [9.17, 15) is 4.79 Å². The van der Waals surface area contributed by atoms with Gasteiger partial charge in [-0.25, -0.2) is 10.1 Å². The number of carbonyl (C=O) groups is 1. The Bertz CT molecular complexity index is 255. The molecule has 16 heavy (non-hydrogen) atoms. The number of carbonyl (C=O) groups excluding carboxylic acids is 1. The van der Waals surface area contributed by atoms with Gasteiger partial charge in [-0.3, -0.25) is 4.55 Å². The second-order valence-corrected chi connectivity index (χ2v) is 3.28. The summed E-state index contributed by atoms with van der Waals surface area (Å²) in [6.07, 6.45) is 0. The molecule has 100 valence electrons. The van der Waals surface area contributed by atoms with Crippen LogP contribution in [0.15, 0.2) is 0 Å². The molecule has 0 aromatic rings. The largest absolute Gasteiger partial charge is 0.423 e. The topological polar surface area (TPSA) is 220 Å². The highest BCUT2D eigenvalue weighted by Crippen LogP contribution is 1.74. The molecule has 0 aromatic heterocycles. The van der Waals surface area contributed by atoms with Crippen molar-refractivity contribution in [1.29, 1.82) is 0 Å². The number of rotatable bonds is 1. The lowest BCUT2D eigenvalue weighted by atomic mass is 10.9. The van der Waals surface area contributed by atoms with Gasteiger partial charge in [0.2, 0.25) is 0 Å². The van der Waals surface area contributed by atoms with Crippen molar-refractivity contribution >= 4 is 16.4 Å². The summed E-state index contributed by atoms with van der Waals surface area (Å²) in [5.74, 6) is -0.690. The first-order valence-electron chi connectivity index (χ1n) is 2.59. The Morgan fingerprint density at radius 1 is 1.25 bits per heavy atom. The van der Waals surface area contributed by atoms with Gasteiger partial charge in [-0.1, -0.05) is 4.33 Å². The van der Waals surface area contributed by atoms with Crippen molar-refractivity contribution in [2.45, 2.75) is 6.92 Å². The van der Waals surface area contributed by atoms with Crippen LogP contribution in [0.1, 0.15) is 6.92 Å². The van der Waals surface area contributed by atoms with E-state index < -0.39 is 26.6 Å². The smallest absolute Gasteiger partial charge is 0.301 e. The SMILES string of the molecule is CC(=O)OO.O=S(=O)(O)OO.[O-][Cl+3]([O-])([O-])O. The van der Waals surface area contributed by atoms with Crippen molar-refractivity contribution in [2.24, 2.45) is 0 Å². The van der Waals surface area contributed by atoms with E-state index in [4.69, 9.17) is 42.1 Å². The summed E-state index contributed by atoms with van der Waals surface area (Å²) in [4.78, 5) is 12.5. The maximum absolute atomic E-state index is 9.34. The van der Waals surface area contributed by atoms with Crippen molar-refractivity contribution < 1.29 is 66.4 Å². The van der Waals surface area contributed by atoms with Gasteiger partial charge in [-0.05, 0) is 0 Å². The summed E-state index contributed by atoms with van der Waals surface area (Å²) in [6, 6.07) is 0. The Labute approximate surface area is 90.4 Å². The third-order valence-corrected chi connectivity index (χ3v) is 0.411. The summed E-state index contributed by atoms with van der Waals surface area (Å²) in [5.41, 5.74) is 0. The molecule has 0 saturated carbocycles. The molecule has 0 aliphatic carbocycles. The Morgan fingerprint density at radius 2 is 1.38 bits per heavy atom. The molecular formula is C2H7ClO12S. The molecule has 0 unspecified atom stereocenters. The lowest BCUT2D eigenvalue weighted by molar-refractivity contribution is -1.92. The average Bonchev–Trinajstić information content (AvgIpc) is 2.01. The van der Waals surface area contributed by atoms with Gasteiger partial charge < -0.3 is 4.89 Å². The molecule has 14 heteroatoms. The zero-order valence-electron chi connectivity index (χ0n) is 7.34. The summed E-state index contributed by atoms with van der Waals surface area (Å²) in [7, 11) is -9.30. The van der Waals surface area contributed by atoms with Gasteiger partial charge >= 0.3 is 16.4 Å². The molecule has 0 saturated heterocycles. The molecule has 0 rings (SSSR count). The molecule has 0 heterocycles. The molecule has 0 bridgehead atoms. The minimum absolute atomic E-state index is 0.690. The molecule has 0 aliphatic heterocycles. The summed E-state index contributed by atoms with van der Waals surface area (Å²) >= 11 is 0. The highest BCUT2D eigenvalue weighted by molar-refractivity contribution is 7.80. The predicted octanol–water partition coefficient (Wildman–Crippen LogP) is -4.82. The van der Waals surface area contributed by atoms with Gasteiger partial charge in [-0.15, -0.1) is 0 Å². The van der Waals surface area contributed by atoms with Crippen LogP contribution in [0.5, 0.6) is 0 Å². The van der Waals surface area contributed by atoms with E-state index in [0.717, 1.165) is 6.92 Å². The quantitative estimate of drug-likeness (QED) is 0.203. The number of halogens is 1. The molecule has 0 aliphatic rings. The van der Waals surface area contributed by atoms with Crippen LogP contribution in [0.4, 0.5) is 0 Å². The Kier molecular flexibility index (Phi) is 12.5. The molecule has 0 atom stereocenters. The van der Waals surface area contributed by atoms with Crippen molar-refractivity contribution in [3.8, 4) is 0 Å². The zero-order chi connectivity index (χ0) is 14.0. The third kappa shape index (κ3) is 107. The average molecular weight is 291 g/mol. The first kappa shape index (κ1) is 20.8. The first-order valence-corrected chi connectivity index (χ1v) is 5.22. The van der Waals surface area contributed by atoms with E-state index in [2.05, 4.69) is 9.22 Å². The van der Waals surface area contributed by atoms with Gasteiger partial charge in [0.05, 0.1) is 14.9 Å². The fourth-order valence-electron chi connectivity index (χ4n) is 0. The van der Waals surface area contributed by atoms with E-state index in [-0.39, 0.29) is 0 Å². The minimum atomic E-state index is -4.69. The van der Waals surface area contributed by atoms with Gasteiger partial charge in [0, 0.05) is 6.92 Å². The van der Waals surface area contributed by atoms with Gasteiger partial charge in [0.25, 0.3) is 0 Å². The first-order chi connectivity index (χ1) is 6.83. The van der Waals surface area contributed by atoms with E-state index in [1.807, 2.05) is 0 Å². The van der Waals surface area contributed by atoms with Crippen LogP contribution < -0.4 is 14.0 Å². The van der Waals surface area contributed by atoms with Crippen LogP contribution in [-0.2, 0) is 24.4 Å². The number of hydrogen-bond donors (Lipinski definition) is 4. The molecule has 0 aromatic carbocycles. The summed E-state index contributed by atoms with van der Waals surface area (Å²) in [6.45, 7) is 1.11. The molecule has 0 spiro atoms. The fourth-order valence-corrected chi connectivity index (χ4v) is 0. The third-order valence-electron chi connectivity index (χ3n) is 0.223. The van der Waals surface area contributed by atoms with Crippen LogP contribution in [0.2, 0.25) is 0 Å². The highest BCUT2D eigenvalue weighted by Gasteiger charge is 1.98. The van der Waals surface area contributed by atoms with Crippen molar-refractivity contribution in [3.05, 3.63) is 0 Å². The van der Waals surface area contributed by atoms with Crippen molar-refractivity contribution in [2.75, 3.05) is 0 Å². The van der Waals surface area contributed by atoms with Crippen LogP contribution in [0.3, 0.4) is 0 Å². The van der Waals surface area contributed by atoms with Crippen molar-refractivity contribution in [3.63, 3.8) is 0 Å². The molecule has 12 nitrogen and oxygen atoms in total. The zero-order valence-corrected chi connectivity index (χ0v) is 8.91. The van der Waals surface area contributed by atoms with E-state index >= 15 is 0 Å². The molecule has 0 fully saturated rings. The standard InChI is InChI=1S/C2H4O3.ClHO4.H2O5S/c1-2(3)5-4;2-1(3,4)5;1-5-6(2,3)4/h4H,1H3;(H,2,3,4,5);1H,(H,2,3,4). The monoisotopic (exact) mass is 290 g/mol. The maximum atomic E-state index is 9.34. The highest BCUT2D eigenvalue weighted by atomic mass is 35.7. The normalized spacial score (nSPS) is 10.2. The van der Waals surface area contributed by atoms with Gasteiger partial charge in [0.15, 0.2) is 0 Å². The maximum Gasteiger partial charge on any atom is 0.423 e. The number of hydrogen-bond acceptors (Lipinski definition) is 11. The molecular weight excluding hydrogens is 284 g/mol. The van der Waals surface area contributed by atoms with Crippen LogP contribution >= 0.6 is 0 Å². The van der Waals surface area contributed by atoms with Gasteiger partial charge in [0.1, 0.15) is 0 Å².